The fourth-order valence-electron chi connectivity index (χ4n) is 0.882. The fraction of sp³-hybridized carbons (Fsp3) is 0.333. The molecule has 0 aromatic carbocycles. The van der Waals surface area contributed by atoms with Crippen LogP contribution in [0.5, 0.6) is 0 Å². The maximum absolute atomic E-state index is 8.28. The van der Waals surface area contributed by atoms with Crippen molar-refractivity contribution in [2.45, 2.75) is 13.3 Å². The first-order chi connectivity index (χ1) is 5.83. The highest BCUT2D eigenvalue weighted by Crippen LogP contribution is 1.86. The van der Waals surface area contributed by atoms with Crippen LogP contribution in [0, 0.1) is 18.3 Å². The summed E-state index contributed by atoms with van der Waals surface area (Å²) in [5.74, 6) is 0. The van der Waals surface area contributed by atoms with Gasteiger partial charge < -0.3 is 4.98 Å². The minimum atomic E-state index is 0.474. The van der Waals surface area contributed by atoms with Gasteiger partial charge >= 0.3 is 0 Å². The molecule has 0 amide bonds. The summed E-state index contributed by atoms with van der Waals surface area (Å²) in [5, 5.41) is 8.28. The molecule has 0 saturated heterocycles. The number of H-pyrrole nitrogens is 1. The van der Waals surface area contributed by atoms with Crippen molar-refractivity contribution < 1.29 is 0 Å². The Balaban J connectivity index is 2.75. The third-order valence-electron chi connectivity index (χ3n) is 1.45. The zero-order chi connectivity index (χ0) is 8.81. The van der Waals surface area contributed by atoms with Crippen LogP contribution in [0.1, 0.15) is 12.0 Å². The van der Waals surface area contributed by atoms with Crippen LogP contribution < -0.4 is 5.49 Å². The molecular formula is C9H11N3. The summed E-state index contributed by atoms with van der Waals surface area (Å²) in [6.45, 7) is 2.58. The van der Waals surface area contributed by atoms with E-state index < -0.39 is 0 Å². The molecule has 0 spiro atoms. The molecule has 3 nitrogen and oxygen atoms in total. The van der Waals surface area contributed by atoms with Crippen LogP contribution in [-0.2, 0) is 0 Å². The van der Waals surface area contributed by atoms with E-state index in [4.69, 9.17) is 5.26 Å². The first-order valence-corrected chi connectivity index (χ1v) is 3.86. The van der Waals surface area contributed by atoms with Gasteiger partial charge in [-0.05, 0) is 24.6 Å². The van der Waals surface area contributed by atoms with Crippen molar-refractivity contribution in [3.05, 3.63) is 29.4 Å². The number of nitriles is 1. The second-order valence-corrected chi connectivity index (χ2v) is 2.54. The molecule has 0 saturated carbocycles. The molecular weight excluding hydrogens is 150 g/mol. The third kappa shape index (κ3) is 2.59. The number of aromatic amines is 1. The van der Waals surface area contributed by atoms with Gasteiger partial charge in [0.1, 0.15) is 5.49 Å². The number of aryl methyl sites for hydroxylation is 1. The number of hydrogen-bond acceptors (Lipinski definition) is 2. The molecule has 62 valence electrons. The lowest BCUT2D eigenvalue weighted by Crippen LogP contribution is -2.07. The quantitative estimate of drug-likeness (QED) is 0.649. The van der Waals surface area contributed by atoms with Crippen LogP contribution in [-0.4, -0.2) is 11.5 Å². The molecule has 0 aliphatic carbocycles. The van der Waals surface area contributed by atoms with Gasteiger partial charge in [-0.25, -0.2) is 0 Å². The normalized spacial score (nSPS) is 11.2. The van der Waals surface area contributed by atoms with Gasteiger partial charge in [-0.15, -0.1) is 0 Å². The predicted octanol–water partition coefficient (Wildman–Crippen LogP) is 1.14. The van der Waals surface area contributed by atoms with Gasteiger partial charge in [0, 0.05) is 6.20 Å². The number of rotatable bonds is 2. The highest BCUT2D eigenvalue weighted by molar-refractivity contribution is 5.06. The molecule has 0 radical (unpaired) electrons. The molecule has 0 aliphatic rings. The Morgan fingerprint density at radius 1 is 1.67 bits per heavy atom. The van der Waals surface area contributed by atoms with Crippen molar-refractivity contribution in [2.75, 3.05) is 6.54 Å². The number of nitrogens with zero attached hydrogens (tertiary/aromatic N) is 2. The highest BCUT2D eigenvalue weighted by Gasteiger charge is 1.83. The van der Waals surface area contributed by atoms with E-state index >= 15 is 0 Å². The van der Waals surface area contributed by atoms with Gasteiger partial charge in [-0.3, -0.25) is 4.99 Å². The zero-order valence-corrected chi connectivity index (χ0v) is 7.04. The van der Waals surface area contributed by atoms with Gasteiger partial charge in [0.25, 0.3) is 0 Å². The second kappa shape index (κ2) is 4.35. The van der Waals surface area contributed by atoms with Gasteiger partial charge in [-0.2, -0.15) is 5.26 Å². The standard InChI is InChI=1S/C9H11N3/c1-8-3-6-12-9(7-8)11-5-2-4-10/h3,6-7H,2,5H2,1H3,(H,11,12). The SMILES string of the molecule is Cc1cc[nH]/c(=N\CCC#N)c1. The van der Waals surface area contributed by atoms with Gasteiger partial charge in [0.2, 0.25) is 0 Å². The van der Waals surface area contributed by atoms with Crippen molar-refractivity contribution >= 4 is 0 Å². The monoisotopic (exact) mass is 161 g/mol. The second-order valence-electron chi connectivity index (χ2n) is 2.54. The summed E-state index contributed by atoms with van der Waals surface area (Å²) in [6, 6.07) is 5.98. The average Bonchev–Trinajstić information content (AvgIpc) is 2.05. The molecule has 3 heteroatoms. The van der Waals surface area contributed by atoms with E-state index in [1.54, 1.807) is 0 Å². The molecule has 1 heterocycles. The minimum Gasteiger partial charge on any atom is -0.347 e. The topological polar surface area (TPSA) is 51.9 Å². The summed E-state index contributed by atoms with van der Waals surface area (Å²) in [7, 11) is 0. The summed E-state index contributed by atoms with van der Waals surface area (Å²) >= 11 is 0. The summed E-state index contributed by atoms with van der Waals surface area (Å²) < 4.78 is 0. The van der Waals surface area contributed by atoms with Crippen LogP contribution in [0.4, 0.5) is 0 Å². The molecule has 1 rings (SSSR count). The molecule has 1 aromatic heterocycles. The van der Waals surface area contributed by atoms with Crippen molar-refractivity contribution in [1.29, 1.82) is 5.26 Å². The lowest BCUT2D eigenvalue weighted by molar-refractivity contribution is 0.939. The number of hydrogen-bond donors (Lipinski definition) is 1. The summed E-state index contributed by atoms with van der Waals surface area (Å²) in [5.41, 5.74) is 2.01. The van der Waals surface area contributed by atoms with E-state index in [0.717, 1.165) is 5.49 Å². The van der Waals surface area contributed by atoms with Crippen LogP contribution in [0.2, 0.25) is 0 Å². The zero-order valence-electron chi connectivity index (χ0n) is 7.04. The number of nitrogens with one attached hydrogen (secondary N) is 1. The summed E-state index contributed by atoms with van der Waals surface area (Å²) in [6.07, 6.45) is 2.32. The Kier molecular flexibility index (Phi) is 3.09. The number of aromatic nitrogens is 1. The van der Waals surface area contributed by atoms with E-state index in [1.807, 2.05) is 31.3 Å². The van der Waals surface area contributed by atoms with Crippen LogP contribution in [0.15, 0.2) is 23.3 Å². The molecule has 0 aliphatic heterocycles. The van der Waals surface area contributed by atoms with Gasteiger partial charge in [0.15, 0.2) is 0 Å². The van der Waals surface area contributed by atoms with E-state index in [-0.39, 0.29) is 0 Å². The smallest absolute Gasteiger partial charge is 0.125 e. The Hall–Kier alpha value is -1.56. The third-order valence-corrected chi connectivity index (χ3v) is 1.45. The highest BCUT2D eigenvalue weighted by atomic mass is 14.8. The maximum atomic E-state index is 8.28. The Morgan fingerprint density at radius 2 is 2.50 bits per heavy atom. The van der Waals surface area contributed by atoms with Crippen LogP contribution in [0.3, 0.4) is 0 Å². The Labute approximate surface area is 71.4 Å². The van der Waals surface area contributed by atoms with E-state index in [0.29, 0.717) is 13.0 Å². The number of pyridine rings is 1. The van der Waals surface area contributed by atoms with E-state index in [9.17, 15) is 0 Å². The molecule has 0 atom stereocenters. The first kappa shape index (κ1) is 8.54. The molecule has 1 aromatic rings. The molecule has 0 unspecified atom stereocenters. The molecule has 12 heavy (non-hydrogen) atoms. The lowest BCUT2D eigenvalue weighted by atomic mass is 10.3. The predicted molar refractivity (Wildman–Crippen MR) is 46.2 cm³/mol. The molecule has 0 bridgehead atoms. The van der Waals surface area contributed by atoms with Crippen LogP contribution >= 0.6 is 0 Å². The fourth-order valence-corrected chi connectivity index (χ4v) is 0.882. The Bertz CT molecular complexity index is 343. The van der Waals surface area contributed by atoms with Crippen LogP contribution in [0.25, 0.3) is 0 Å². The van der Waals surface area contributed by atoms with E-state index in [1.165, 1.54) is 5.56 Å². The van der Waals surface area contributed by atoms with Crippen molar-refractivity contribution in [1.82, 2.24) is 4.98 Å². The summed E-state index contributed by atoms with van der Waals surface area (Å²) in [4.78, 5) is 7.17. The van der Waals surface area contributed by atoms with Crippen molar-refractivity contribution in [2.24, 2.45) is 4.99 Å². The van der Waals surface area contributed by atoms with Crippen molar-refractivity contribution in [3.63, 3.8) is 0 Å². The maximum Gasteiger partial charge on any atom is 0.125 e. The largest absolute Gasteiger partial charge is 0.347 e. The average molecular weight is 161 g/mol. The Morgan fingerprint density at radius 3 is 3.17 bits per heavy atom. The first-order valence-electron chi connectivity index (χ1n) is 3.86. The van der Waals surface area contributed by atoms with E-state index in [2.05, 4.69) is 9.98 Å². The molecule has 0 fully saturated rings. The molecule has 1 N–H and O–H groups in total. The lowest BCUT2D eigenvalue weighted by Gasteiger charge is -1.90. The van der Waals surface area contributed by atoms with Crippen molar-refractivity contribution in [3.8, 4) is 6.07 Å². The minimum absolute atomic E-state index is 0.474. The van der Waals surface area contributed by atoms with Gasteiger partial charge in [0.05, 0.1) is 19.0 Å². The van der Waals surface area contributed by atoms with Gasteiger partial charge in [-0.1, -0.05) is 0 Å².